The molecule has 2 aromatic carbocycles. The Morgan fingerprint density at radius 1 is 0.850 bits per heavy atom. The minimum atomic E-state index is -1.77. The maximum atomic E-state index is 5.82. The van der Waals surface area contributed by atoms with E-state index in [-0.39, 0.29) is 6.10 Å². The summed E-state index contributed by atoms with van der Waals surface area (Å²) >= 11 is -1.77. The molecule has 0 saturated heterocycles. The molecule has 40 heavy (non-hydrogen) atoms. The molecule has 224 valence electrons. The molecule has 1 fully saturated rings. The van der Waals surface area contributed by atoms with Crippen LogP contribution < -0.4 is 9.64 Å². The fourth-order valence-electron chi connectivity index (χ4n) is 5.75. The van der Waals surface area contributed by atoms with Crippen molar-refractivity contribution in [2.75, 3.05) is 4.90 Å². The first-order chi connectivity index (χ1) is 19.2. The molecule has 0 unspecified atom stereocenters. The Labute approximate surface area is 257 Å². The van der Waals surface area contributed by atoms with Gasteiger partial charge in [-0.1, -0.05) is 75.5 Å². The third-order valence-electron chi connectivity index (χ3n) is 7.52. The average Bonchev–Trinajstić information content (AvgIpc) is 3.34. The van der Waals surface area contributed by atoms with Crippen molar-refractivity contribution in [3.8, 4) is 5.75 Å². The summed E-state index contributed by atoms with van der Waals surface area (Å²) in [6.07, 6.45) is 20.2. The molecule has 4 rings (SSSR count). The molecule has 0 atom stereocenters. The zero-order chi connectivity index (χ0) is 28.9. The van der Waals surface area contributed by atoms with Crippen LogP contribution in [-0.4, -0.2) is 21.7 Å². The molecule has 6 heteroatoms. The predicted octanol–water partition coefficient (Wildman–Crippen LogP) is 10.5. The van der Waals surface area contributed by atoms with Crippen molar-refractivity contribution < 1.29 is 18.3 Å². The van der Waals surface area contributed by atoms with Gasteiger partial charge in [-0.05, 0) is 57.1 Å². The molecule has 0 bridgehead atoms. The minimum Gasteiger partial charge on any atom is -0.505 e. The second-order valence-corrected chi connectivity index (χ2v) is 17.2. The van der Waals surface area contributed by atoms with Crippen molar-refractivity contribution in [1.82, 2.24) is 4.90 Å². The molecule has 2 aromatic rings. The zero-order valence-corrected chi connectivity index (χ0v) is 28.4. The van der Waals surface area contributed by atoms with Gasteiger partial charge in [-0.15, -0.1) is 0 Å². The maximum Gasteiger partial charge on any atom is 0.0184 e. The van der Waals surface area contributed by atoms with E-state index in [9.17, 15) is 0 Å². The Morgan fingerprint density at radius 3 is 1.95 bits per heavy atom. The molecule has 1 saturated carbocycles. The summed E-state index contributed by atoms with van der Waals surface area (Å²) < 4.78 is 7.51. The molecule has 3 nitrogen and oxygen atoms in total. The van der Waals surface area contributed by atoms with Crippen molar-refractivity contribution >= 4 is 29.7 Å². The monoisotopic (exact) mass is 673 g/mol. The van der Waals surface area contributed by atoms with Gasteiger partial charge in [0.25, 0.3) is 0 Å². The van der Waals surface area contributed by atoms with E-state index in [1.165, 1.54) is 93.0 Å². The molecule has 1 aliphatic carbocycles. The minimum absolute atomic E-state index is 0.163. The summed E-state index contributed by atoms with van der Waals surface area (Å²) in [7, 11) is 11.6. The number of halogens is 2. The third-order valence-corrected chi connectivity index (χ3v) is 9.35. The van der Waals surface area contributed by atoms with Gasteiger partial charge in [0.15, 0.2) is 0 Å². The first kappa shape index (κ1) is 33.2. The summed E-state index contributed by atoms with van der Waals surface area (Å²) in [5.41, 5.74) is 6.42. The SMILES string of the molecule is CC(C)Oc1ccccc1[CH]=[Ru]([Cl])[Cl].Cc1cc(C)c(N2C=CN(C3CCCCCCCCCCC3)[CH-]2)c(C)c1. The number of para-hydroxylation sites is 1. The first-order valence-electron chi connectivity index (χ1n) is 15.0. The van der Waals surface area contributed by atoms with Gasteiger partial charge in [0.1, 0.15) is 0 Å². The van der Waals surface area contributed by atoms with E-state index in [4.69, 9.17) is 24.1 Å². The molecule has 0 aromatic heterocycles. The third kappa shape index (κ3) is 11.1. The van der Waals surface area contributed by atoms with Crippen LogP contribution >= 0.6 is 19.4 Å². The fourth-order valence-corrected chi connectivity index (χ4v) is 7.55. The van der Waals surface area contributed by atoms with E-state index in [0.29, 0.717) is 6.04 Å². The van der Waals surface area contributed by atoms with Crippen LogP contribution in [0.15, 0.2) is 48.8 Å². The second kappa shape index (κ2) is 17.6. The fraction of sp³-hybridized carbons (Fsp3) is 0.529. The van der Waals surface area contributed by atoms with E-state index >= 15 is 0 Å². The van der Waals surface area contributed by atoms with Gasteiger partial charge in [-0.3, -0.25) is 0 Å². The molecule has 0 amide bonds. The Kier molecular flexibility index (Phi) is 14.6. The number of ether oxygens (including phenoxy) is 1. The van der Waals surface area contributed by atoms with Crippen LogP contribution in [0, 0.1) is 27.4 Å². The number of aryl methyl sites for hydroxylation is 3. The summed E-state index contributed by atoms with van der Waals surface area (Å²) in [6.45, 7) is 13.0. The van der Waals surface area contributed by atoms with Crippen molar-refractivity contribution in [3.05, 3.63) is 77.7 Å². The van der Waals surface area contributed by atoms with Crippen LogP contribution in [0.25, 0.3) is 0 Å². The Hall–Kier alpha value is -1.35. The standard InChI is InChI=1S/C24H37N2.C10H12O.2ClH.Ru/c1-20-17-21(2)24(22(3)18-20)26-16-15-25(19-26)23-13-11-9-7-5-4-6-8-10-12-14-23;1-8(2)11-10-7-5-4-6-9(10)3;;;/h15-19,23H,4-14H2,1-3H3;3-8H,1-2H3;2*1H;/q-1;;;;+2/p-2. The molecule has 1 heterocycles. The normalized spacial score (nSPS) is 17.6. The van der Waals surface area contributed by atoms with Gasteiger partial charge >= 0.3 is 97.8 Å². The van der Waals surface area contributed by atoms with Gasteiger partial charge < -0.3 is 9.80 Å². The van der Waals surface area contributed by atoms with Gasteiger partial charge in [-0.2, -0.15) is 6.67 Å². The molecular weight excluding hydrogens is 624 g/mol. The number of nitrogens with zero attached hydrogens (tertiary/aromatic N) is 2. The van der Waals surface area contributed by atoms with Crippen LogP contribution in [0.2, 0.25) is 0 Å². The summed E-state index contributed by atoms with van der Waals surface area (Å²) in [6, 6.07) is 13.0. The number of benzene rings is 2. The Morgan fingerprint density at radius 2 is 1.40 bits per heavy atom. The largest absolute Gasteiger partial charge is 0.505 e. The maximum absolute atomic E-state index is 5.82. The van der Waals surface area contributed by atoms with Crippen molar-refractivity contribution in [2.45, 2.75) is 117 Å². The summed E-state index contributed by atoms with van der Waals surface area (Å²) in [5.74, 6) is 0.850. The number of hydrogen-bond acceptors (Lipinski definition) is 3. The zero-order valence-electron chi connectivity index (χ0n) is 25.1. The summed E-state index contributed by atoms with van der Waals surface area (Å²) in [5, 5.41) is 0. The Bertz CT molecular complexity index is 1080. The van der Waals surface area contributed by atoms with Gasteiger partial charge in [0.2, 0.25) is 0 Å². The number of hydrogen-bond donors (Lipinski definition) is 0. The van der Waals surface area contributed by atoms with E-state index in [1.807, 2.05) is 42.7 Å². The molecule has 2 aliphatic rings. The van der Waals surface area contributed by atoms with Crippen molar-refractivity contribution in [1.29, 1.82) is 0 Å². The predicted molar refractivity (Wildman–Crippen MR) is 172 cm³/mol. The van der Waals surface area contributed by atoms with Crippen LogP contribution in [0.5, 0.6) is 5.75 Å². The van der Waals surface area contributed by atoms with Crippen LogP contribution in [-0.2, 0) is 13.5 Å². The molecule has 0 spiro atoms. The average molecular weight is 674 g/mol. The van der Waals surface area contributed by atoms with Gasteiger partial charge in [0.05, 0.1) is 0 Å². The summed E-state index contributed by atoms with van der Waals surface area (Å²) in [4.78, 5) is 4.82. The van der Waals surface area contributed by atoms with Gasteiger partial charge in [-0.25, -0.2) is 0 Å². The van der Waals surface area contributed by atoms with Crippen molar-refractivity contribution in [2.24, 2.45) is 0 Å². The molecule has 0 radical (unpaired) electrons. The topological polar surface area (TPSA) is 15.7 Å². The molecular formula is C34H49Cl2N2ORu-. The number of rotatable bonds is 5. The van der Waals surface area contributed by atoms with E-state index in [0.717, 1.165) is 11.3 Å². The number of anilines is 1. The molecule has 1 aliphatic heterocycles. The van der Waals surface area contributed by atoms with Crippen LogP contribution in [0.3, 0.4) is 0 Å². The van der Waals surface area contributed by atoms with E-state index in [2.05, 4.69) is 61.8 Å². The smallest absolute Gasteiger partial charge is 0.0184 e. The quantitative estimate of drug-likeness (QED) is 0.232. The van der Waals surface area contributed by atoms with Crippen LogP contribution in [0.4, 0.5) is 5.69 Å². The molecule has 0 N–H and O–H groups in total. The van der Waals surface area contributed by atoms with E-state index < -0.39 is 13.5 Å². The van der Waals surface area contributed by atoms with Crippen LogP contribution in [0.1, 0.15) is 107 Å². The Balaban J connectivity index is 0.000000267. The van der Waals surface area contributed by atoms with Gasteiger partial charge in [0, 0.05) is 11.7 Å². The van der Waals surface area contributed by atoms with Crippen molar-refractivity contribution in [3.63, 3.8) is 0 Å². The second-order valence-electron chi connectivity index (χ2n) is 11.4. The van der Waals surface area contributed by atoms with E-state index in [1.54, 1.807) is 0 Å². The first-order valence-corrected chi connectivity index (χ1v) is 20.5.